The molecule has 1 aromatic rings. The first-order valence-corrected chi connectivity index (χ1v) is 5.77. The number of halogens is 1. The van der Waals surface area contributed by atoms with Crippen LogP contribution >= 0.6 is 0 Å². The van der Waals surface area contributed by atoms with Gasteiger partial charge in [-0.25, -0.2) is 4.98 Å². The zero-order valence-corrected chi connectivity index (χ0v) is 9.86. The monoisotopic (exact) mass is 223 g/mol. The third-order valence-corrected chi connectivity index (χ3v) is 3.12. The van der Waals surface area contributed by atoms with E-state index < -0.39 is 5.95 Å². The summed E-state index contributed by atoms with van der Waals surface area (Å²) in [6, 6.07) is 3.97. The largest absolute Gasteiger partial charge is 0.369 e. The number of rotatable bonds is 2. The number of anilines is 1. The Morgan fingerprint density at radius 2 is 1.94 bits per heavy atom. The smallest absolute Gasteiger partial charge is 0.214 e. The Balaban J connectivity index is 1.99. The maximum Gasteiger partial charge on any atom is 0.214 e. The summed E-state index contributed by atoms with van der Waals surface area (Å²) in [7, 11) is 0. The minimum Gasteiger partial charge on any atom is -0.369 e. The Labute approximate surface area is 95.9 Å². The summed E-state index contributed by atoms with van der Waals surface area (Å²) in [5.74, 6) is -0.399. The van der Waals surface area contributed by atoms with E-state index in [4.69, 9.17) is 0 Å². The van der Waals surface area contributed by atoms with Crippen molar-refractivity contribution in [3.8, 4) is 0 Å². The van der Waals surface area contributed by atoms with Crippen LogP contribution in [0.3, 0.4) is 0 Å². The van der Waals surface area contributed by atoms with E-state index in [0.29, 0.717) is 6.04 Å². The molecule has 0 saturated carbocycles. The second kappa shape index (κ2) is 4.78. The SMILES string of the molecule is CC(C)N1CCN(c2ccnc(F)c2)CC1. The van der Waals surface area contributed by atoms with E-state index in [0.717, 1.165) is 31.9 Å². The second-order valence-electron chi connectivity index (χ2n) is 4.45. The molecule has 0 amide bonds. The molecule has 2 heterocycles. The molecule has 0 radical (unpaired) electrons. The van der Waals surface area contributed by atoms with Crippen LogP contribution in [0, 0.1) is 5.95 Å². The highest BCUT2D eigenvalue weighted by Gasteiger charge is 2.19. The molecule has 1 fully saturated rings. The summed E-state index contributed by atoms with van der Waals surface area (Å²) in [6.45, 7) is 8.43. The van der Waals surface area contributed by atoms with Crippen LogP contribution in [0.2, 0.25) is 0 Å². The highest BCUT2D eigenvalue weighted by atomic mass is 19.1. The lowest BCUT2D eigenvalue weighted by Crippen LogP contribution is -2.48. The summed E-state index contributed by atoms with van der Waals surface area (Å²) < 4.78 is 13.0. The third kappa shape index (κ3) is 2.50. The molecule has 1 aliphatic heterocycles. The number of pyridine rings is 1. The summed E-state index contributed by atoms with van der Waals surface area (Å²) in [6.07, 6.45) is 1.53. The molecular weight excluding hydrogens is 205 g/mol. The van der Waals surface area contributed by atoms with E-state index in [-0.39, 0.29) is 0 Å². The van der Waals surface area contributed by atoms with Crippen molar-refractivity contribution in [2.24, 2.45) is 0 Å². The van der Waals surface area contributed by atoms with Crippen molar-refractivity contribution in [1.29, 1.82) is 0 Å². The molecule has 88 valence electrons. The van der Waals surface area contributed by atoms with Crippen LogP contribution < -0.4 is 4.90 Å². The van der Waals surface area contributed by atoms with Gasteiger partial charge in [-0.3, -0.25) is 4.90 Å². The Morgan fingerprint density at radius 3 is 2.50 bits per heavy atom. The maximum atomic E-state index is 13.0. The number of nitrogens with zero attached hydrogens (tertiary/aromatic N) is 3. The fourth-order valence-electron chi connectivity index (χ4n) is 2.09. The Bertz CT molecular complexity index is 346. The molecule has 3 nitrogen and oxygen atoms in total. The van der Waals surface area contributed by atoms with Gasteiger partial charge in [-0.15, -0.1) is 0 Å². The van der Waals surface area contributed by atoms with Gasteiger partial charge in [-0.1, -0.05) is 0 Å². The fraction of sp³-hybridized carbons (Fsp3) is 0.583. The molecule has 1 saturated heterocycles. The van der Waals surface area contributed by atoms with Crippen molar-refractivity contribution >= 4 is 5.69 Å². The second-order valence-corrected chi connectivity index (χ2v) is 4.45. The van der Waals surface area contributed by atoms with Gasteiger partial charge in [-0.2, -0.15) is 4.39 Å². The predicted octanol–water partition coefficient (Wildman–Crippen LogP) is 1.75. The normalized spacial score (nSPS) is 18.1. The molecule has 0 N–H and O–H groups in total. The first kappa shape index (κ1) is 11.3. The van der Waals surface area contributed by atoms with Crippen LogP contribution in [-0.4, -0.2) is 42.1 Å². The van der Waals surface area contributed by atoms with Gasteiger partial charge in [0, 0.05) is 50.2 Å². The maximum absolute atomic E-state index is 13.0. The van der Waals surface area contributed by atoms with Gasteiger partial charge in [0.1, 0.15) is 0 Å². The van der Waals surface area contributed by atoms with Gasteiger partial charge in [0.05, 0.1) is 0 Å². The third-order valence-electron chi connectivity index (χ3n) is 3.12. The molecule has 0 aliphatic carbocycles. The van der Waals surface area contributed by atoms with Crippen molar-refractivity contribution in [2.75, 3.05) is 31.1 Å². The Kier molecular flexibility index (Phi) is 3.39. The van der Waals surface area contributed by atoms with E-state index in [1.165, 1.54) is 12.3 Å². The van der Waals surface area contributed by atoms with E-state index in [1.807, 2.05) is 6.07 Å². The van der Waals surface area contributed by atoms with Crippen molar-refractivity contribution in [1.82, 2.24) is 9.88 Å². The minimum atomic E-state index is -0.399. The molecule has 0 aromatic carbocycles. The van der Waals surface area contributed by atoms with Crippen LogP contribution in [0.4, 0.5) is 10.1 Å². The lowest BCUT2D eigenvalue weighted by molar-refractivity contribution is 0.209. The van der Waals surface area contributed by atoms with Crippen molar-refractivity contribution in [2.45, 2.75) is 19.9 Å². The minimum absolute atomic E-state index is 0.399. The van der Waals surface area contributed by atoms with Crippen LogP contribution in [0.5, 0.6) is 0 Å². The van der Waals surface area contributed by atoms with Crippen molar-refractivity contribution < 1.29 is 4.39 Å². The quantitative estimate of drug-likeness (QED) is 0.712. The van der Waals surface area contributed by atoms with Crippen molar-refractivity contribution in [3.05, 3.63) is 24.3 Å². The fourth-order valence-corrected chi connectivity index (χ4v) is 2.09. The summed E-state index contributed by atoms with van der Waals surface area (Å²) in [5, 5.41) is 0. The lowest BCUT2D eigenvalue weighted by Gasteiger charge is -2.38. The standard InChI is InChI=1S/C12H18FN3/c1-10(2)15-5-7-16(8-6-15)11-3-4-14-12(13)9-11/h3-4,9-10H,5-8H2,1-2H3. The molecule has 4 heteroatoms. The summed E-state index contributed by atoms with van der Waals surface area (Å²) >= 11 is 0. The highest BCUT2D eigenvalue weighted by molar-refractivity contribution is 5.45. The van der Waals surface area contributed by atoms with Crippen LogP contribution in [-0.2, 0) is 0 Å². The van der Waals surface area contributed by atoms with Gasteiger partial charge < -0.3 is 4.90 Å². The molecular formula is C12H18FN3. The average molecular weight is 223 g/mol. The van der Waals surface area contributed by atoms with Crippen molar-refractivity contribution in [3.63, 3.8) is 0 Å². The van der Waals surface area contributed by atoms with Gasteiger partial charge in [0.25, 0.3) is 0 Å². The predicted molar refractivity (Wildman–Crippen MR) is 63.1 cm³/mol. The lowest BCUT2D eigenvalue weighted by atomic mass is 10.2. The van der Waals surface area contributed by atoms with E-state index in [9.17, 15) is 4.39 Å². The highest BCUT2D eigenvalue weighted by Crippen LogP contribution is 2.16. The number of aromatic nitrogens is 1. The van der Waals surface area contributed by atoms with Gasteiger partial charge in [-0.05, 0) is 19.9 Å². The molecule has 0 unspecified atom stereocenters. The Hall–Kier alpha value is -1.16. The van der Waals surface area contributed by atoms with E-state index in [2.05, 4.69) is 28.6 Å². The van der Waals surface area contributed by atoms with E-state index in [1.54, 1.807) is 0 Å². The summed E-state index contributed by atoms with van der Waals surface area (Å²) in [5.41, 5.74) is 0.941. The van der Waals surface area contributed by atoms with Crippen LogP contribution in [0.25, 0.3) is 0 Å². The van der Waals surface area contributed by atoms with Gasteiger partial charge >= 0.3 is 0 Å². The molecule has 2 rings (SSSR count). The number of hydrogen-bond donors (Lipinski definition) is 0. The molecule has 0 spiro atoms. The summed E-state index contributed by atoms with van der Waals surface area (Å²) in [4.78, 5) is 8.22. The molecule has 0 atom stereocenters. The van der Waals surface area contributed by atoms with Crippen LogP contribution in [0.15, 0.2) is 18.3 Å². The van der Waals surface area contributed by atoms with Gasteiger partial charge in [0.2, 0.25) is 5.95 Å². The molecule has 16 heavy (non-hydrogen) atoms. The number of hydrogen-bond acceptors (Lipinski definition) is 3. The molecule has 0 bridgehead atoms. The first-order valence-electron chi connectivity index (χ1n) is 5.77. The Morgan fingerprint density at radius 1 is 1.25 bits per heavy atom. The average Bonchev–Trinajstić information content (AvgIpc) is 2.29. The van der Waals surface area contributed by atoms with Gasteiger partial charge in [0.15, 0.2) is 0 Å². The topological polar surface area (TPSA) is 19.4 Å². The van der Waals surface area contributed by atoms with E-state index >= 15 is 0 Å². The number of piperazine rings is 1. The molecule has 1 aromatic heterocycles. The van der Waals surface area contributed by atoms with Crippen LogP contribution in [0.1, 0.15) is 13.8 Å². The molecule has 1 aliphatic rings. The zero-order chi connectivity index (χ0) is 11.5. The zero-order valence-electron chi connectivity index (χ0n) is 9.86. The first-order chi connectivity index (χ1) is 7.66.